The van der Waals surface area contributed by atoms with Crippen LogP contribution in [0.5, 0.6) is 5.75 Å². The van der Waals surface area contributed by atoms with Crippen molar-refractivity contribution >= 4 is 35.0 Å². The Bertz CT molecular complexity index is 975. The number of benzene rings is 2. The first-order valence-electron chi connectivity index (χ1n) is 9.30. The van der Waals surface area contributed by atoms with E-state index in [2.05, 4.69) is 22.4 Å². The zero-order valence-corrected chi connectivity index (χ0v) is 18.1. The van der Waals surface area contributed by atoms with E-state index < -0.39 is 0 Å². The second-order valence-electron chi connectivity index (χ2n) is 6.48. The van der Waals surface area contributed by atoms with Gasteiger partial charge in [-0.25, -0.2) is 0 Å². The number of aryl methyl sites for hydroxylation is 1. The number of para-hydroxylation sites is 1. The van der Waals surface area contributed by atoms with Crippen molar-refractivity contribution in [1.82, 2.24) is 14.8 Å². The second-order valence-corrected chi connectivity index (χ2v) is 8.19. The van der Waals surface area contributed by atoms with Crippen LogP contribution in [-0.4, -0.2) is 25.9 Å². The van der Waals surface area contributed by atoms with E-state index in [1.807, 2.05) is 54.9 Å². The highest BCUT2D eigenvalue weighted by atomic mass is 35.5. The number of thioether (sulfide) groups is 1. The van der Waals surface area contributed by atoms with Gasteiger partial charge in [0.25, 0.3) is 0 Å². The van der Waals surface area contributed by atoms with E-state index in [9.17, 15) is 4.79 Å². The van der Waals surface area contributed by atoms with Crippen LogP contribution in [0.3, 0.4) is 0 Å². The fraction of sp³-hybridized carbons (Fsp3) is 0.286. The van der Waals surface area contributed by atoms with Gasteiger partial charge in [-0.1, -0.05) is 54.6 Å². The van der Waals surface area contributed by atoms with E-state index in [1.165, 1.54) is 17.3 Å². The standard InChI is InChI=1S/C21H23ClN4O2S/c1-4-15-9-11-16(12-10-15)23-20(27)14(2)29-21-25-24-19(26(21)3)13-28-18-8-6-5-7-17(18)22/h5-12,14H,4,13H2,1-3H3,(H,23,27). The third-order valence-corrected chi connectivity index (χ3v) is 5.85. The summed E-state index contributed by atoms with van der Waals surface area (Å²) in [6.07, 6.45) is 0.967. The smallest absolute Gasteiger partial charge is 0.237 e. The van der Waals surface area contributed by atoms with Gasteiger partial charge in [-0.2, -0.15) is 0 Å². The Morgan fingerprint density at radius 1 is 1.21 bits per heavy atom. The number of hydrogen-bond donors (Lipinski definition) is 1. The molecule has 152 valence electrons. The maximum Gasteiger partial charge on any atom is 0.237 e. The molecule has 0 bridgehead atoms. The van der Waals surface area contributed by atoms with Crippen molar-refractivity contribution in [2.45, 2.75) is 37.3 Å². The quantitative estimate of drug-likeness (QED) is 0.523. The van der Waals surface area contributed by atoms with Crippen LogP contribution in [-0.2, 0) is 24.9 Å². The average molecular weight is 431 g/mol. The first kappa shape index (κ1) is 21.2. The molecule has 0 aliphatic rings. The minimum absolute atomic E-state index is 0.0869. The van der Waals surface area contributed by atoms with Gasteiger partial charge in [0.1, 0.15) is 12.4 Å². The Balaban J connectivity index is 1.58. The molecule has 0 spiro atoms. The first-order valence-corrected chi connectivity index (χ1v) is 10.6. The van der Waals surface area contributed by atoms with Crippen LogP contribution in [0.4, 0.5) is 5.69 Å². The molecular weight excluding hydrogens is 408 g/mol. The third kappa shape index (κ3) is 5.52. The zero-order valence-electron chi connectivity index (χ0n) is 16.6. The summed E-state index contributed by atoms with van der Waals surface area (Å²) in [5.74, 6) is 1.15. The van der Waals surface area contributed by atoms with E-state index in [0.717, 1.165) is 12.1 Å². The Labute approximate surface area is 179 Å². The molecule has 0 aliphatic heterocycles. The number of aromatic nitrogens is 3. The highest BCUT2D eigenvalue weighted by molar-refractivity contribution is 8.00. The van der Waals surface area contributed by atoms with Crippen LogP contribution < -0.4 is 10.1 Å². The second kappa shape index (κ2) is 9.80. The fourth-order valence-corrected chi connectivity index (χ4v) is 3.58. The first-order chi connectivity index (χ1) is 14.0. The normalized spacial score (nSPS) is 11.9. The minimum atomic E-state index is -0.332. The highest BCUT2D eigenvalue weighted by Crippen LogP contribution is 2.26. The van der Waals surface area contributed by atoms with Crippen LogP contribution in [0, 0.1) is 0 Å². The molecule has 1 amide bonds. The molecule has 3 rings (SSSR count). The number of amides is 1. The van der Waals surface area contributed by atoms with Gasteiger partial charge in [-0.3, -0.25) is 4.79 Å². The molecule has 0 radical (unpaired) electrons. The SMILES string of the molecule is CCc1ccc(NC(=O)C(C)Sc2nnc(COc3ccccc3Cl)n2C)cc1. The summed E-state index contributed by atoms with van der Waals surface area (Å²) < 4.78 is 7.54. The molecule has 8 heteroatoms. The van der Waals surface area contributed by atoms with E-state index in [-0.39, 0.29) is 17.8 Å². The molecule has 2 aromatic carbocycles. The number of ether oxygens (including phenoxy) is 1. The van der Waals surface area contributed by atoms with Crippen LogP contribution in [0.2, 0.25) is 5.02 Å². The molecule has 1 aromatic heterocycles. The number of rotatable bonds is 8. The number of anilines is 1. The summed E-state index contributed by atoms with van der Waals surface area (Å²) in [4.78, 5) is 12.5. The van der Waals surface area contributed by atoms with Gasteiger partial charge in [0, 0.05) is 12.7 Å². The monoisotopic (exact) mass is 430 g/mol. The molecule has 29 heavy (non-hydrogen) atoms. The van der Waals surface area contributed by atoms with Crippen LogP contribution >= 0.6 is 23.4 Å². The number of carbonyl (C=O) groups excluding carboxylic acids is 1. The van der Waals surface area contributed by atoms with Gasteiger partial charge in [-0.05, 0) is 43.2 Å². The lowest BCUT2D eigenvalue weighted by Gasteiger charge is -2.12. The number of carbonyl (C=O) groups is 1. The molecular formula is C21H23ClN4O2S. The maximum absolute atomic E-state index is 12.5. The molecule has 1 heterocycles. The molecule has 0 aliphatic carbocycles. The van der Waals surface area contributed by atoms with Gasteiger partial charge >= 0.3 is 0 Å². The van der Waals surface area contributed by atoms with Crippen molar-refractivity contribution in [3.8, 4) is 5.75 Å². The van der Waals surface area contributed by atoms with Crippen molar-refractivity contribution in [3.05, 3.63) is 64.9 Å². The largest absolute Gasteiger partial charge is 0.484 e. The number of hydrogen-bond acceptors (Lipinski definition) is 5. The Kier molecular flexibility index (Phi) is 7.17. The van der Waals surface area contributed by atoms with Gasteiger partial charge in [0.05, 0.1) is 10.3 Å². The topological polar surface area (TPSA) is 69.0 Å². The molecule has 1 N–H and O–H groups in total. The van der Waals surface area contributed by atoms with Gasteiger partial charge in [-0.15, -0.1) is 10.2 Å². The molecule has 1 atom stereocenters. The van der Waals surface area contributed by atoms with E-state index in [1.54, 1.807) is 12.1 Å². The molecule has 3 aromatic rings. The Morgan fingerprint density at radius 2 is 1.93 bits per heavy atom. The van der Waals surface area contributed by atoms with Crippen molar-refractivity contribution in [3.63, 3.8) is 0 Å². The Hall–Kier alpha value is -2.51. The third-order valence-electron chi connectivity index (χ3n) is 4.40. The predicted octanol–water partition coefficient (Wildman–Crippen LogP) is 4.73. The molecule has 0 fully saturated rings. The summed E-state index contributed by atoms with van der Waals surface area (Å²) in [7, 11) is 1.85. The number of nitrogens with one attached hydrogen (secondary N) is 1. The zero-order chi connectivity index (χ0) is 20.8. The van der Waals surface area contributed by atoms with Crippen molar-refractivity contribution in [2.75, 3.05) is 5.32 Å². The fourth-order valence-electron chi connectivity index (χ4n) is 2.56. The van der Waals surface area contributed by atoms with E-state index in [4.69, 9.17) is 16.3 Å². The van der Waals surface area contributed by atoms with Crippen molar-refractivity contribution in [1.29, 1.82) is 0 Å². The highest BCUT2D eigenvalue weighted by Gasteiger charge is 2.19. The maximum atomic E-state index is 12.5. The molecule has 1 unspecified atom stereocenters. The molecule has 6 nitrogen and oxygen atoms in total. The van der Waals surface area contributed by atoms with Crippen molar-refractivity contribution in [2.24, 2.45) is 7.05 Å². The summed E-state index contributed by atoms with van der Waals surface area (Å²) in [6.45, 7) is 4.17. The van der Waals surface area contributed by atoms with Crippen molar-refractivity contribution < 1.29 is 9.53 Å². The number of halogens is 1. The molecule has 0 saturated carbocycles. The average Bonchev–Trinajstić information content (AvgIpc) is 3.07. The van der Waals surface area contributed by atoms with E-state index >= 15 is 0 Å². The van der Waals surface area contributed by atoms with Crippen LogP contribution in [0.1, 0.15) is 25.2 Å². The van der Waals surface area contributed by atoms with E-state index in [0.29, 0.717) is 21.8 Å². The minimum Gasteiger partial charge on any atom is -0.484 e. The predicted molar refractivity (Wildman–Crippen MR) is 117 cm³/mol. The van der Waals surface area contributed by atoms with Gasteiger partial charge in [0.15, 0.2) is 11.0 Å². The van der Waals surface area contributed by atoms with Gasteiger partial charge < -0.3 is 14.6 Å². The lowest BCUT2D eigenvalue weighted by Crippen LogP contribution is -2.22. The summed E-state index contributed by atoms with van der Waals surface area (Å²) in [5.41, 5.74) is 2.02. The Morgan fingerprint density at radius 3 is 2.62 bits per heavy atom. The van der Waals surface area contributed by atoms with Gasteiger partial charge in [0.2, 0.25) is 5.91 Å². The van der Waals surface area contributed by atoms with Crippen LogP contribution in [0.15, 0.2) is 53.7 Å². The van der Waals surface area contributed by atoms with Crippen LogP contribution in [0.25, 0.3) is 0 Å². The lowest BCUT2D eigenvalue weighted by atomic mass is 10.1. The summed E-state index contributed by atoms with van der Waals surface area (Å²) in [6, 6.07) is 15.1. The number of nitrogens with zero attached hydrogens (tertiary/aromatic N) is 3. The lowest BCUT2D eigenvalue weighted by molar-refractivity contribution is -0.115. The molecule has 0 saturated heterocycles. The summed E-state index contributed by atoms with van der Waals surface area (Å²) in [5, 5.41) is 12.1. The summed E-state index contributed by atoms with van der Waals surface area (Å²) >= 11 is 7.45.